The van der Waals surface area contributed by atoms with E-state index in [-0.39, 0.29) is 5.91 Å². The highest BCUT2D eigenvalue weighted by Crippen LogP contribution is 2.15. The summed E-state index contributed by atoms with van der Waals surface area (Å²) in [6.45, 7) is 2.17. The summed E-state index contributed by atoms with van der Waals surface area (Å²) >= 11 is 5.85. The molecular weight excluding hydrogens is 240 g/mol. The van der Waals surface area contributed by atoms with E-state index < -0.39 is 0 Å². The molecule has 0 aliphatic heterocycles. The first-order valence-corrected chi connectivity index (χ1v) is 5.43. The Morgan fingerprint density at radius 3 is 3.06 bits per heavy atom. The van der Waals surface area contributed by atoms with Gasteiger partial charge in [-0.2, -0.15) is 5.10 Å². The normalized spacial score (nSPS) is 10.2. The minimum absolute atomic E-state index is 0.179. The lowest BCUT2D eigenvalue weighted by molar-refractivity contribution is 0.0949. The third-order valence-electron chi connectivity index (χ3n) is 2.33. The molecule has 5 nitrogen and oxygen atoms in total. The Bertz CT molecular complexity index is 524. The molecule has 0 saturated heterocycles. The van der Waals surface area contributed by atoms with Crippen molar-refractivity contribution in [3.05, 3.63) is 46.5 Å². The average molecular weight is 251 g/mol. The second-order valence-corrected chi connectivity index (χ2v) is 4.01. The molecule has 0 fully saturated rings. The predicted molar refractivity (Wildman–Crippen MR) is 63.7 cm³/mol. The van der Waals surface area contributed by atoms with Crippen molar-refractivity contribution in [2.24, 2.45) is 0 Å². The minimum Gasteiger partial charge on any atom is -0.345 e. The number of carbonyl (C=O) groups excluding carboxylic acids is 1. The molecule has 1 amide bonds. The Balaban J connectivity index is 2.07. The van der Waals surface area contributed by atoms with Gasteiger partial charge in [0, 0.05) is 10.6 Å². The van der Waals surface area contributed by atoms with Crippen molar-refractivity contribution in [2.75, 3.05) is 0 Å². The number of H-pyrrole nitrogens is 1. The zero-order valence-corrected chi connectivity index (χ0v) is 9.95. The van der Waals surface area contributed by atoms with Gasteiger partial charge in [-0.1, -0.05) is 17.7 Å². The summed E-state index contributed by atoms with van der Waals surface area (Å²) in [5, 5.41) is 9.64. The maximum Gasteiger partial charge on any atom is 0.251 e. The average Bonchev–Trinajstić information content (AvgIpc) is 2.82. The van der Waals surface area contributed by atoms with Crippen molar-refractivity contribution in [2.45, 2.75) is 13.5 Å². The third-order valence-corrected chi connectivity index (χ3v) is 2.56. The summed E-state index contributed by atoms with van der Waals surface area (Å²) < 4.78 is 0. The molecule has 1 heterocycles. The van der Waals surface area contributed by atoms with Gasteiger partial charge in [0.25, 0.3) is 5.91 Å². The Hall–Kier alpha value is -1.88. The van der Waals surface area contributed by atoms with Crippen LogP contribution in [0.5, 0.6) is 0 Å². The number of amides is 1. The smallest absolute Gasteiger partial charge is 0.251 e. The topological polar surface area (TPSA) is 70.7 Å². The molecule has 0 aliphatic carbocycles. The van der Waals surface area contributed by atoms with Gasteiger partial charge in [-0.3, -0.25) is 9.89 Å². The van der Waals surface area contributed by atoms with Crippen LogP contribution in [0.4, 0.5) is 0 Å². The number of rotatable bonds is 3. The van der Waals surface area contributed by atoms with Gasteiger partial charge in [0.2, 0.25) is 0 Å². The van der Waals surface area contributed by atoms with Gasteiger partial charge in [-0.05, 0) is 24.6 Å². The molecule has 1 aromatic carbocycles. The van der Waals surface area contributed by atoms with Gasteiger partial charge in [0.05, 0.1) is 6.54 Å². The van der Waals surface area contributed by atoms with E-state index in [1.165, 1.54) is 6.33 Å². The van der Waals surface area contributed by atoms with E-state index in [0.717, 1.165) is 5.56 Å². The van der Waals surface area contributed by atoms with Crippen LogP contribution in [0.25, 0.3) is 0 Å². The fourth-order valence-corrected chi connectivity index (χ4v) is 1.59. The highest BCUT2D eigenvalue weighted by atomic mass is 35.5. The van der Waals surface area contributed by atoms with E-state index in [4.69, 9.17) is 11.6 Å². The summed E-state index contributed by atoms with van der Waals surface area (Å²) in [6, 6.07) is 5.21. The quantitative estimate of drug-likeness (QED) is 0.871. The summed E-state index contributed by atoms with van der Waals surface area (Å²) in [4.78, 5) is 15.8. The van der Waals surface area contributed by atoms with Crippen LogP contribution in [0.1, 0.15) is 21.7 Å². The highest BCUT2D eigenvalue weighted by Gasteiger charge is 2.09. The zero-order chi connectivity index (χ0) is 12.3. The van der Waals surface area contributed by atoms with Crippen molar-refractivity contribution in [1.29, 1.82) is 0 Å². The molecule has 6 heteroatoms. The monoisotopic (exact) mass is 250 g/mol. The molecule has 88 valence electrons. The van der Waals surface area contributed by atoms with Crippen molar-refractivity contribution in [3.63, 3.8) is 0 Å². The Kier molecular flexibility index (Phi) is 3.39. The van der Waals surface area contributed by atoms with Crippen LogP contribution in [-0.2, 0) is 6.54 Å². The Morgan fingerprint density at radius 2 is 2.35 bits per heavy atom. The summed E-state index contributed by atoms with van der Waals surface area (Å²) in [5.41, 5.74) is 1.45. The van der Waals surface area contributed by atoms with Gasteiger partial charge >= 0.3 is 0 Å². The summed E-state index contributed by atoms with van der Waals surface area (Å²) in [6.07, 6.45) is 1.39. The lowest BCUT2D eigenvalue weighted by Gasteiger charge is -2.06. The molecule has 0 aliphatic rings. The molecule has 0 unspecified atom stereocenters. The second-order valence-electron chi connectivity index (χ2n) is 3.57. The van der Waals surface area contributed by atoms with Crippen LogP contribution in [0.2, 0.25) is 5.02 Å². The number of nitrogens with one attached hydrogen (secondary N) is 2. The number of hydrogen-bond donors (Lipinski definition) is 2. The van der Waals surface area contributed by atoms with Crippen molar-refractivity contribution in [3.8, 4) is 0 Å². The standard InChI is InChI=1S/C11H11ClN4O/c1-7-2-3-8(12)4-9(7)11(17)13-5-10-14-6-15-16-10/h2-4,6H,5H2,1H3,(H,13,17)(H,14,15,16). The molecule has 1 aromatic heterocycles. The van der Waals surface area contributed by atoms with Crippen LogP contribution in [0.3, 0.4) is 0 Å². The number of halogens is 1. The first kappa shape index (κ1) is 11.6. The lowest BCUT2D eigenvalue weighted by atomic mass is 10.1. The second kappa shape index (κ2) is 4.97. The van der Waals surface area contributed by atoms with Crippen LogP contribution in [0, 0.1) is 6.92 Å². The van der Waals surface area contributed by atoms with Crippen molar-refractivity contribution in [1.82, 2.24) is 20.5 Å². The molecule has 0 bridgehead atoms. The number of nitrogens with zero attached hydrogens (tertiary/aromatic N) is 2. The Labute approximate surface area is 103 Å². The Morgan fingerprint density at radius 1 is 1.53 bits per heavy atom. The molecule has 0 saturated carbocycles. The van der Waals surface area contributed by atoms with E-state index >= 15 is 0 Å². The first-order valence-electron chi connectivity index (χ1n) is 5.05. The lowest BCUT2D eigenvalue weighted by Crippen LogP contribution is -2.24. The molecule has 17 heavy (non-hydrogen) atoms. The van der Waals surface area contributed by atoms with Crippen LogP contribution < -0.4 is 5.32 Å². The van der Waals surface area contributed by atoms with Crippen LogP contribution in [-0.4, -0.2) is 21.1 Å². The van der Waals surface area contributed by atoms with Crippen LogP contribution in [0.15, 0.2) is 24.5 Å². The highest BCUT2D eigenvalue weighted by molar-refractivity contribution is 6.31. The largest absolute Gasteiger partial charge is 0.345 e. The van der Waals surface area contributed by atoms with E-state index in [1.54, 1.807) is 12.1 Å². The molecular formula is C11H11ClN4O. The van der Waals surface area contributed by atoms with Gasteiger partial charge in [-0.25, -0.2) is 4.98 Å². The van der Waals surface area contributed by atoms with Gasteiger partial charge < -0.3 is 5.32 Å². The SMILES string of the molecule is Cc1ccc(Cl)cc1C(=O)NCc1ncn[nH]1. The number of hydrogen-bond acceptors (Lipinski definition) is 3. The minimum atomic E-state index is -0.179. The maximum absolute atomic E-state index is 11.9. The van der Waals surface area contributed by atoms with E-state index in [0.29, 0.717) is 23.0 Å². The number of aryl methyl sites for hydroxylation is 1. The molecule has 0 atom stereocenters. The van der Waals surface area contributed by atoms with E-state index in [9.17, 15) is 4.79 Å². The third kappa shape index (κ3) is 2.82. The maximum atomic E-state index is 11.9. The van der Waals surface area contributed by atoms with Gasteiger partial charge in [-0.15, -0.1) is 0 Å². The van der Waals surface area contributed by atoms with Gasteiger partial charge in [0.1, 0.15) is 12.2 Å². The zero-order valence-electron chi connectivity index (χ0n) is 9.20. The van der Waals surface area contributed by atoms with E-state index in [1.807, 2.05) is 13.0 Å². The van der Waals surface area contributed by atoms with Crippen molar-refractivity contribution >= 4 is 17.5 Å². The number of benzene rings is 1. The molecule has 2 N–H and O–H groups in total. The molecule has 0 spiro atoms. The predicted octanol–water partition coefficient (Wildman–Crippen LogP) is 1.70. The molecule has 2 aromatic rings. The molecule has 2 rings (SSSR count). The van der Waals surface area contributed by atoms with E-state index in [2.05, 4.69) is 20.5 Å². The number of aromatic nitrogens is 3. The van der Waals surface area contributed by atoms with Gasteiger partial charge in [0.15, 0.2) is 0 Å². The molecule has 0 radical (unpaired) electrons. The van der Waals surface area contributed by atoms with Crippen LogP contribution >= 0.6 is 11.6 Å². The fourth-order valence-electron chi connectivity index (χ4n) is 1.41. The van der Waals surface area contributed by atoms with Crippen molar-refractivity contribution < 1.29 is 4.79 Å². The summed E-state index contributed by atoms with van der Waals surface area (Å²) in [7, 11) is 0. The first-order chi connectivity index (χ1) is 8.16. The fraction of sp³-hybridized carbons (Fsp3) is 0.182. The number of aromatic amines is 1. The number of carbonyl (C=O) groups is 1. The summed E-state index contributed by atoms with van der Waals surface area (Å²) in [5.74, 6) is 0.430.